The van der Waals surface area contributed by atoms with E-state index in [9.17, 15) is 27.6 Å². The molecule has 0 saturated carbocycles. The number of ether oxygens (including phenoxy) is 1. The third kappa shape index (κ3) is 6.20. The Morgan fingerprint density at radius 2 is 2.00 bits per heavy atom. The maximum Gasteiger partial charge on any atom is 0.418 e. The molecule has 9 nitrogen and oxygen atoms in total. The number of hydrogen-bond donors (Lipinski definition) is 3. The van der Waals surface area contributed by atoms with Gasteiger partial charge in [0.05, 0.1) is 58.6 Å². The van der Waals surface area contributed by atoms with Crippen LogP contribution in [0.3, 0.4) is 0 Å². The van der Waals surface area contributed by atoms with Gasteiger partial charge in [-0.05, 0) is 31.5 Å². The van der Waals surface area contributed by atoms with Gasteiger partial charge in [-0.2, -0.15) is 18.3 Å². The van der Waals surface area contributed by atoms with Crippen LogP contribution in [0.5, 0.6) is 0 Å². The Morgan fingerprint density at radius 1 is 1.21 bits per heavy atom. The lowest BCUT2D eigenvalue weighted by Crippen LogP contribution is -2.43. The molecule has 0 unspecified atom stereocenters. The molecule has 1 fully saturated rings. The summed E-state index contributed by atoms with van der Waals surface area (Å²) in [5.74, 6) is -0.874. The molecule has 1 aliphatic rings. The molecular weight excluding hydrogens is 527 g/mol. The predicted molar refractivity (Wildman–Crippen MR) is 132 cm³/mol. The van der Waals surface area contributed by atoms with Crippen molar-refractivity contribution in [3.05, 3.63) is 80.5 Å². The third-order valence-electron chi connectivity index (χ3n) is 6.16. The molecule has 4 rings (SSSR count). The van der Waals surface area contributed by atoms with Crippen LogP contribution in [0.1, 0.15) is 40.0 Å². The van der Waals surface area contributed by atoms with E-state index in [1.54, 1.807) is 13.0 Å². The van der Waals surface area contributed by atoms with Gasteiger partial charge >= 0.3 is 6.18 Å². The third-order valence-corrected chi connectivity index (χ3v) is 6.49. The minimum Gasteiger partial charge on any atom is -0.380 e. The number of nitrogens with zero attached hydrogens (tertiary/aromatic N) is 2. The molecule has 0 spiro atoms. The number of carbonyl (C=O) groups excluding carboxylic acids is 2. The van der Waals surface area contributed by atoms with Crippen LogP contribution in [0, 0.1) is 12.3 Å². The van der Waals surface area contributed by atoms with Gasteiger partial charge in [0, 0.05) is 24.7 Å². The van der Waals surface area contributed by atoms with Gasteiger partial charge in [0.25, 0.3) is 5.56 Å². The number of H-pyrrole nitrogens is 1. The number of rotatable bonds is 8. The molecule has 1 aromatic carbocycles. The first kappa shape index (κ1) is 27.3. The fourth-order valence-electron chi connectivity index (χ4n) is 4.12. The van der Waals surface area contributed by atoms with Crippen LogP contribution in [0.15, 0.2) is 47.5 Å². The molecule has 2 aromatic heterocycles. The number of carbonyl (C=O) groups is 2. The Labute approximate surface area is 219 Å². The number of halogens is 4. The van der Waals surface area contributed by atoms with Crippen LogP contribution in [0.4, 0.5) is 24.5 Å². The summed E-state index contributed by atoms with van der Waals surface area (Å²) in [5.41, 5.74) is -1.58. The van der Waals surface area contributed by atoms with Crippen LogP contribution in [-0.4, -0.2) is 40.1 Å². The van der Waals surface area contributed by atoms with E-state index < -0.39 is 34.4 Å². The van der Waals surface area contributed by atoms with Crippen LogP contribution in [-0.2, 0) is 22.3 Å². The summed E-state index contributed by atoms with van der Waals surface area (Å²) in [5, 5.41) is 11.3. The predicted octanol–water partition coefficient (Wildman–Crippen LogP) is 4.19. The lowest BCUT2D eigenvalue weighted by molar-refractivity contribution is -0.137. The highest BCUT2D eigenvalue weighted by atomic mass is 35.5. The van der Waals surface area contributed by atoms with Gasteiger partial charge in [-0.1, -0.05) is 23.2 Å². The van der Waals surface area contributed by atoms with Gasteiger partial charge in [-0.25, -0.2) is 5.10 Å². The first-order valence-electron chi connectivity index (χ1n) is 11.5. The first-order valence-corrected chi connectivity index (χ1v) is 11.9. The number of nitrogens with one attached hydrogen (secondary N) is 3. The zero-order chi connectivity index (χ0) is 27.5. The molecule has 1 aliphatic heterocycles. The maximum absolute atomic E-state index is 13.4. The van der Waals surface area contributed by atoms with E-state index in [-0.39, 0.29) is 53.8 Å². The Balaban J connectivity index is 1.45. The molecule has 13 heteroatoms. The maximum atomic E-state index is 13.4. The molecule has 1 amide bonds. The largest absolute Gasteiger partial charge is 0.418 e. The standard InChI is InChI=1S/C25H23ClF3N5O4/c1-14-2-3-19(17(6-14)25(27,28)29)33-16-8-18(26)20(30-11-16)12-31-23(37)24(4-5-38-13-24)9-21(35)15-7-22(36)34-32-10-15/h2-3,6-8,10-11,33H,4-5,9,12-13H2,1H3,(H,31,37)(H,34,36)/t24-/m0/s1. The minimum absolute atomic E-state index is 0.0172. The normalized spacial score (nSPS) is 17.3. The summed E-state index contributed by atoms with van der Waals surface area (Å²) in [7, 11) is 0. The summed E-state index contributed by atoms with van der Waals surface area (Å²) in [4.78, 5) is 41.6. The second-order valence-corrected chi connectivity index (χ2v) is 9.43. The number of Topliss-reactive ketones (excluding diaryl/α,β-unsaturated/α-hetero) is 1. The molecule has 3 heterocycles. The molecular formula is C25H23ClF3N5O4. The number of hydrogen-bond acceptors (Lipinski definition) is 7. The average molecular weight is 550 g/mol. The molecule has 1 saturated heterocycles. The Morgan fingerprint density at radius 3 is 2.66 bits per heavy atom. The molecule has 3 N–H and O–H groups in total. The number of aromatic amines is 1. The summed E-state index contributed by atoms with van der Waals surface area (Å²) in [6.45, 7) is 1.78. The molecule has 200 valence electrons. The van der Waals surface area contributed by atoms with Crippen molar-refractivity contribution in [1.29, 1.82) is 0 Å². The van der Waals surface area contributed by atoms with E-state index in [1.165, 1.54) is 24.5 Å². The van der Waals surface area contributed by atoms with E-state index in [4.69, 9.17) is 16.3 Å². The van der Waals surface area contributed by atoms with Crippen molar-refractivity contribution in [2.45, 2.75) is 32.5 Å². The zero-order valence-corrected chi connectivity index (χ0v) is 20.9. The number of aromatic nitrogens is 3. The number of pyridine rings is 1. The highest BCUT2D eigenvalue weighted by Crippen LogP contribution is 2.37. The smallest absolute Gasteiger partial charge is 0.380 e. The van der Waals surface area contributed by atoms with Crippen molar-refractivity contribution in [1.82, 2.24) is 20.5 Å². The van der Waals surface area contributed by atoms with Crippen molar-refractivity contribution in [2.75, 3.05) is 18.5 Å². The van der Waals surface area contributed by atoms with Crippen molar-refractivity contribution >= 4 is 34.7 Å². The van der Waals surface area contributed by atoms with Gasteiger partial charge in [0.1, 0.15) is 0 Å². The second-order valence-electron chi connectivity index (χ2n) is 9.02. The topological polar surface area (TPSA) is 126 Å². The van der Waals surface area contributed by atoms with Crippen LogP contribution < -0.4 is 16.2 Å². The number of anilines is 2. The van der Waals surface area contributed by atoms with Crippen molar-refractivity contribution in [2.24, 2.45) is 5.41 Å². The molecule has 1 atom stereocenters. The number of benzene rings is 1. The number of ketones is 1. The molecule has 0 aliphatic carbocycles. The molecule has 0 radical (unpaired) electrons. The fourth-order valence-corrected chi connectivity index (χ4v) is 4.35. The van der Waals surface area contributed by atoms with Gasteiger partial charge in [0.2, 0.25) is 5.91 Å². The molecule has 0 bridgehead atoms. The number of alkyl halides is 3. The summed E-state index contributed by atoms with van der Waals surface area (Å²) in [6, 6.07) is 6.45. The summed E-state index contributed by atoms with van der Waals surface area (Å²) < 4.78 is 45.7. The Bertz CT molecular complexity index is 1420. The van der Waals surface area contributed by atoms with Crippen molar-refractivity contribution < 1.29 is 27.5 Å². The lowest BCUT2D eigenvalue weighted by atomic mass is 9.80. The molecule has 38 heavy (non-hydrogen) atoms. The SMILES string of the molecule is Cc1ccc(Nc2cnc(CNC(=O)[C@]3(CC(=O)c4cn[nH]c(=O)c4)CCOC3)c(Cl)c2)c(C(F)(F)F)c1. The summed E-state index contributed by atoms with van der Waals surface area (Å²) >= 11 is 6.31. The van der Waals surface area contributed by atoms with E-state index in [0.717, 1.165) is 12.1 Å². The van der Waals surface area contributed by atoms with Gasteiger partial charge in [0.15, 0.2) is 5.78 Å². The highest BCUT2D eigenvalue weighted by molar-refractivity contribution is 6.31. The highest BCUT2D eigenvalue weighted by Gasteiger charge is 2.44. The van der Waals surface area contributed by atoms with Crippen molar-refractivity contribution in [3.8, 4) is 0 Å². The fraction of sp³-hybridized carbons (Fsp3) is 0.320. The van der Waals surface area contributed by atoms with Crippen LogP contribution in [0.25, 0.3) is 0 Å². The van der Waals surface area contributed by atoms with Crippen LogP contribution in [0.2, 0.25) is 5.02 Å². The van der Waals surface area contributed by atoms with Crippen molar-refractivity contribution in [3.63, 3.8) is 0 Å². The number of aryl methyl sites for hydroxylation is 1. The summed E-state index contributed by atoms with van der Waals surface area (Å²) in [6.07, 6.45) is -1.91. The Hall–Kier alpha value is -3.77. The second kappa shape index (κ2) is 10.9. The average Bonchev–Trinajstić information content (AvgIpc) is 3.33. The zero-order valence-electron chi connectivity index (χ0n) is 20.1. The van der Waals surface area contributed by atoms with E-state index in [2.05, 4.69) is 25.8 Å². The first-order chi connectivity index (χ1) is 18.0. The molecule has 3 aromatic rings. The Kier molecular flexibility index (Phi) is 7.83. The van der Waals surface area contributed by atoms with Gasteiger partial charge in [-0.3, -0.25) is 19.4 Å². The number of amides is 1. The van der Waals surface area contributed by atoms with Gasteiger partial charge < -0.3 is 15.4 Å². The monoisotopic (exact) mass is 549 g/mol. The van der Waals surface area contributed by atoms with Crippen LogP contribution >= 0.6 is 11.6 Å². The van der Waals surface area contributed by atoms with E-state index >= 15 is 0 Å². The lowest BCUT2D eigenvalue weighted by Gasteiger charge is -2.25. The van der Waals surface area contributed by atoms with E-state index in [0.29, 0.717) is 12.0 Å². The van der Waals surface area contributed by atoms with Gasteiger partial charge in [-0.15, -0.1) is 0 Å². The minimum atomic E-state index is -4.55. The quantitative estimate of drug-likeness (QED) is 0.360. The van der Waals surface area contributed by atoms with E-state index in [1.807, 2.05) is 0 Å².